The van der Waals surface area contributed by atoms with E-state index in [9.17, 15) is 24.5 Å². The van der Waals surface area contributed by atoms with E-state index in [1.165, 1.54) is 35.5 Å². The summed E-state index contributed by atoms with van der Waals surface area (Å²) < 4.78 is 0.801. The molecule has 0 aliphatic carbocycles. The highest BCUT2D eigenvalue weighted by Crippen LogP contribution is 2.46. The monoisotopic (exact) mass is 494 g/mol. The van der Waals surface area contributed by atoms with Gasteiger partial charge in [0.2, 0.25) is 11.8 Å². The van der Waals surface area contributed by atoms with E-state index >= 15 is 0 Å². The minimum atomic E-state index is -1.05. The maximum atomic E-state index is 13.5. The molecule has 160 valence electrons. The number of anilines is 1. The lowest BCUT2D eigenvalue weighted by atomic mass is 9.86. The van der Waals surface area contributed by atoms with Gasteiger partial charge in [-0.15, -0.1) is 0 Å². The molecule has 32 heavy (non-hydrogen) atoms. The first-order chi connectivity index (χ1) is 15.4. The van der Waals surface area contributed by atoms with Crippen molar-refractivity contribution in [1.29, 1.82) is 0 Å². The van der Waals surface area contributed by atoms with Crippen LogP contribution in [0, 0.1) is 22.0 Å². The van der Waals surface area contributed by atoms with Crippen LogP contribution in [-0.4, -0.2) is 45.8 Å². The number of imide groups is 1. The number of ketones is 1. The molecule has 0 N–H and O–H groups in total. The highest BCUT2D eigenvalue weighted by Gasteiger charge is 2.64. The van der Waals surface area contributed by atoms with Crippen LogP contribution in [0.4, 0.5) is 11.4 Å². The van der Waals surface area contributed by atoms with Gasteiger partial charge in [-0.3, -0.25) is 29.5 Å². The van der Waals surface area contributed by atoms with Crippen LogP contribution in [0.25, 0.3) is 0 Å². The highest BCUT2D eigenvalue weighted by atomic mass is 79.9. The number of fused-ring (bicyclic) bond motifs is 3. The second-order valence-electron chi connectivity index (χ2n) is 7.68. The summed E-state index contributed by atoms with van der Waals surface area (Å²) in [6.45, 7) is 0. The Morgan fingerprint density at radius 3 is 2.50 bits per heavy atom. The zero-order chi connectivity index (χ0) is 22.6. The van der Waals surface area contributed by atoms with Crippen LogP contribution in [0.5, 0.6) is 0 Å². The number of non-ortho nitro benzene ring substituents is 1. The lowest BCUT2D eigenvalue weighted by Crippen LogP contribution is -2.46. The van der Waals surface area contributed by atoms with Crippen molar-refractivity contribution in [2.75, 3.05) is 4.90 Å². The van der Waals surface area contributed by atoms with Gasteiger partial charge in [-0.1, -0.05) is 34.1 Å². The van der Waals surface area contributed by atoms with Crippen LogP contribution < -0.4 is 4.90 Å². The highest BCUT2D eigenvalue weighted by molar-refractivity contribution is 9.10. The fourth-order valence-corrected chi connectivity index (χ4v) is 4.89. The van der Waals surface area contributed by atoms with Crippen LogP contribution in [-0.2, 0) is 9.59 Å². The molecule has 2 amide bonds. The number of hydrazone groups is 1. The van der Waals surface area contributed by atoms with Crippen molar-refractivity contribution in [2.24, 2.45) is 16.9 Å². The average molecular weight is 495 g/mol. The molecule has 2 aromatic rings. The van der Waals surface area contributed by atoms with Gasteiger partial charge in [-0.2, -0.15) is 5.10 Å². The molecule has 0 unspecified atom stereocenters. The summed E-state index contributed by atoms with van der Waals surface area (Å²) in [5.74, 6) is -3.11. The molecule has 3 heterocycles. The summed E-state index contributed by atoms with van der Waals surface area (Å²) >= 11 is 3.34. The number of benzene rings is 2. The number of nitrogens with zero attached hydrogens (tertiary/aromatic N) is 4. The van der Waals surface area contributed by atoms with Gasteiger partial charge in [-0.05, 0) is 30.3 Å². The van der Waals surface area contributed by atoms with Crippen molar-refractivity contribution in [3.8, 4) is 0 Å². The van der Waals surface area contributed by atoms with E-state index < -0.39 is 46.4 Å². The zero-order valence-electron chi connectivity index (χ0n) is 16.4. The first-order valence-corrected chi connectivity index (χ1v) is 10.6. The standard InChI is InChI=1S/C22H15BrN4O5/c23-13-6-8-14(9-7-13)25-21(29)17-16-5-2-10-24-26(16)19(18(17)22(25)30)20(28)12-3-1-4-15(11-12)27(31)32/h1-11,16-19H/t16-,17+,18-,19+/m1/s1. The van der Waals surface area contributed by atoms with Gasteiger partial charge in [0.25, 0.3) is 5.69 Å². The van der Waals surface area contributed by atoms with Crippen LogP contribution >= 0.6 is 15.9 Å². The lowest BCUT2D eigenvalue weighted by Gasteiger charge is -2.30. The minimum Gasteiger partial charge on any atom is -0.292 e. The van der Waals surface area contributed by atoms with Crippen molar-refractivity contribution in [3.05, 3.63) is 80.8 Å². The summed E-state index contributed by atoms with van der Waals surface area (Å²) in [5.41, 5.74) is 0.291. The Kier molecular flexibility index (Phi) is 4.74. The van der Waals surface area contributed by atoms with Crippen molar-refractivity contribution in [2.45, 2.75) is 12.1 Å². The molecular weight excluding hydrogens is 480 g/mol. The number of carbonyl (C=O) groups excluding carboxylic acids is 3. The molecule has 0 bridgehead atoms. The van der Waals surface area contributed by atoms with Crippen molar-refractivity contribution in [1.82, 2.24) is 5.01 Å². The molecule has 0 aromatic heterocycles. The van der Waals surface area contributed by atoms with Gasteiger partial charge >= 0.3 is 0 Å². The SMILES string of the molecule is O=C(c1cccc([N+](=O)[O-])c1)[C@@H]1[C@@H]2C(=O)N(c3ccc(Br)cc3)C(=O)[C@H]2[C@H]2C=CC=NN21. The number of halogens is 1. The Morgan fingerprint density at radius 2 is 1.78 bits per heavy atom. The Morgan fingerprint density at radius 1 is 1.06 bits per heavy atom. The average Bonchev–Trinajstić information content (AvgIpc) is 3.27. The van der Waals surface area contributed by atoms with Crippen molar-refractivity contribution < 1.29 is 19.3 Å². The first kappa shape index (κ1) is 20.3. The summed E-state index contributed by atoms with van der Waals surface area (Å²) in [7, 11) is 0. The lowest BCUT2D eigenvalue weighted by molar-refractivity contribution is -0.384. The Labute approximate surface area is 190 Å². The van der Waals surface area contributed by atoms with E-state index in [0.29, 0.717) is 5.69 Å². The normalized spacial score (nSPS) is 25.8. The topological polar surface area (TPSA) is 113 Å². The summed E-state index contributed by atoms with van der Waals surface area (Å²) in [5, 5.41) is 16.9. The molecule has 0 saturated carbocycles. The number of hydrogen-bond acceptors (Lipinski definition) is 7. The van der Waals surface area contributed by atoms with Gasteiger partial charge < -0.3 is 0 Å². The van der Waals surface area contributed by atoms with Crippen LogP contribution in [0.1, 0.15) is 10.4 Å². The largest absolute Gasteiger partial charge is 0.292 e. The second kappa shape index (κ2) is 7.49. The predicted molar refractivity (Wildman–Crippen MR) is 118 cm³/mol. The summed E-state index contributed by atoms with van der Waals surface area (Å²) in [4.78, 5) is 52.1. The molecule has 0 spiro atoms. The van der Waals surface area contributed by atoms with Crippen molar-refractivity contribution >= 4 is 51.1 Å². The number of carbonyl (C=O) groups is 3. The molecule has 4 atom stereocenters. The maximum absolute atomic E-state index is 13.5. The minimum absolute atomic E-state index is 0.0932. The smallest absolute Gasteiger partial charge is 0.270 e. The Balaban J connectivity index is 1.57. The van der Waals surface area contributed by atoms with Gasteiger partial charge in [0.05, 0.1) is 28.5 Å². The van der Waals surface area contributed by atoms with E-state index in [-0.39, 0.29) is 11.3 Å². The van der Waals surface area contributed by atoms with Crippen LogP contribution in [0.15, 0.2) is 70.3 Å². The van der Waals surface area contributed by atoms with E-state index in [4.69, 9.17) is 0 Å². The predicted octanol–water partition coefficient (Wildman–Crippen LogP) is 2.95. The maximum Gasteiger partial charge on any atom is 0.270 e. The number of nitro benzene ring substituents is 1. The molecule has 2 saturated heterocycles. The summed E-state index contributed by atoms with van der Waals surface area (Å²) in [6.07, 6.45) is 4.92. The molecule has 0 radical (unpaired) electrons. The molecular formula is C22H15BrN4O5. The number of allylic oxidation sites excluding steroid dienone is 1. The third kappa shape index (κ3) is 2.98. The number of nitro groups is 1. The van der Waals surface area contributed by atoms with Crippen LogP contribution in [0.2, 0.25) is 0 Å². The van der Waals surface area contributed by atoms with Gasteiger partial charge in [0, 0.05) is 28.4 Å². The fraction of sp³-hybridized carbons (Fsp3) is 0.182. The van der Waals surface area contributed by atoms with E-state index in [1.807, 2.05) is 0 Å². The van der Waals surface area contributed by atoms with E-state index in [2.05, 4.69) is 21.0 Å². The molecule has 3 aliphatic heterocycles. The third-order valence-electron chi connectivity index (χ3n) is 5.99. The number of rotatable bonds is 4. The molecule has 3 aliphatic rings. The Bertz CT molecular complexity index is 1230. The Hall–Kier alpha value is -3.66. The van der Waals surface area contributed by atoms with Crippen LogP contribution in [0.3, 0.4) is 0 Å². The van der Waals surface area contributed by atoms with Gasteiger partial charge in [0.1, 0.15) is 6.04 Å². The second-order valence-corrected chi connectivity index (χ2v) is 8.59. The molecule has 5 rings (SSSR count). The van der Waals surface area contributed by atoms with E-state index in [1.54, 1.807) is 36.4 Å². The van der Waals surface area contributed by atoms with Gasteiger partial charge in [-0.25, -0.2) is 4.90 Å². The number of Topliss-reactive ketones (excluding diaryl/α,β-unsaturated/α-hetero) is 1. The molecule has 9 nitrogen and oxygen atoms in total. The molecule has 2 fully saturated rings. The quantitative estimate of drug-likeness (QED) is 0.279. The van der Waals surface area contributed by atoms with E-state index in [0.717, 1.165) is 9.37 Å². The van der Waals surface area contributed by atoms with Crippen molar-refractivity contribution in [3.63, 3.8) is 0 Å². The van der Waals surface area contributed by atoms with Gasteiger partial charge in [0.15, 0.2) is 5.78 Å². The number of hydrogen-bond donors (Lipinski definition) is 0. The summed E-state index contributed by atoms with van der Waals surface area (Å²) in [6, 6.07) is 10.5. The zero-order valence-corrected chi connectivity index (χ0v) is 18.0. The number of amides is 2. The third-order valence-corrected chi connectivity index (χ3v) is 6.51. The molecule has 2 aromatic carbocycles. The first-order valence-electron chi connectivity index (χ1n) is 9.79. The molecule has 10 heteroatoms. The fourth-order valence-electron chi connectivity index (χ4n) is 4.63.